The summed E-state index contributed by atoms with van der Waals surface area (Å²) >= 11 is 1.89. The second-order valence-corrected chi connectivity index (χ2v) is 5.92. The first-order chi connectivity index (χ1) is 8.07. The van der Waals surface area contributed by atoms with E-state index in [1.165, 1.54) is 25.0 Å². The molecule has 17 heavy (non-hydrogen) atoms. The Hall–Kier alpha value is -0.220. The van der Waals surface area contributed by atoms with Gasteiger partial charge >= 0.3 is 0 Å². The highest BCUT2D eigenvalue weighted by molar-refractivity contribution is 7.98. The fourth-order valence-corrected chi connectivity index (χ4v) is 2.18. The molecule has 0 fully saturated rings. The van der Waals surface area contributed by atoms with Gasteiger partial charge in [-0.15, -0.1) is 0 Å². The van der Waals surface area contributed by atoms with Gasteiger partial charge in [0.25, 0.3) is 0 Å². The van der Waals surface area contributed by atoms with Crippen LogP contribution in [-0.2, 0) is 4.79 Å². The summed E-state index contributed by atoms with van der Waals surface area (Å²) in [6.07, 6.45) is 7.70. The van der Waals surface area contributed by atoms with Crippen molar-refractivity contribution in [3.63, 3.8) is 0 Å². The molecule has 0 rings (SSSR count). The highest BCUT2D eigenvalue weighted by Gasteiger charge is 2.13. The molecule has 0 aromatic heterocycles. The summed E-state index contributed by atoms with van der Waals surface area (Å²) < 4.78 is 0. The van der Waals surface area contributed by atoms with E-state index < -0.39 is 0 Å². The zero-order valence-electron chi connectivity index (χ0n) is 11.5. The van der Waals surface area contributed by atoms with Crippen LogP contribution < -0.4 is 11.1 Å². The summed E-state index contributed by atoms with van der Waals surface area (Å²) in [4.78, 5) is 11.6. The molecule has 3 nitrogen and oxygen atoms in total. The molecular formula is C13H28N2OS. The van der Waals surface area contributed by atoms with Crippen LogP contribution in [0.5, 0.6) is 0 Å². The molecule has 0 aliphatic rings. The third kappa shape index (κ3) is 10.6. The number of carbonyl (C=O) groups is 1. The van der Waals surface area contributed by atoms with E-state index in [1.54, 1.807) is 0 Å². The van der Waals surface area contributed by atoms with Crippen LogP contribution in [0.4, 0.5) is 0 Å². The van der Waals surface area contributed by atoms with Crippen LogP contribution in [0, 0.1) is 5.92 Å². The lowest BCUT2D eigenvalue weighted by atomic mass is 10.0. The average Bonchev–Trinajstić information content (AvgIpc) is 2.26. The van der Waals surface area contributed by atoms with Crippen molar-refractivity contribution in [1.29, 1.82) is 0 Å². The topological polar surface area (TPSA) is 55.1 Å². The van der Waals surface area contributed by atoms with Crippen LogP contribution in [0.15, 0.2) is 0 Å². The highest BCUT2D eigenvalue weighted by atomic mass is 32.2. The van der Waals surface area contributed by atoms with E-state index in [1.807, 2.05) is 11.8 Å². The number of nitrogens with two attached hydrogens (primary N) is 1. The molecule has 0 unspecified atom stereocenters. The Kier molecular flexibility index (Phi) is 10.8. The molecule has 0 aliphatic heterocycles. The molecule has 0 bridgehead atoms. The summed E-state index contributed by atoms with van der Waals surface area (Å²) in [7, 11) is 0. The first kappa shape index (κ1) is 16.8. The SMILES string of the molecule is CSCCCCCCNC(=O)[C@H](N)CC(C)C. The number of thioether (sulfide) groups is 1. The molecule has 0 aromatic carbocycles. The number of rotatable bonds is 10. The first-order valence-corrected chi connectivity index (χ1v) is 7.99. The number of hydrogen-bond acceptors (Lipinski definition) is 3. The van der Waals surface area contributed by atoms with Gasteiger partial charge in [-0.25, -0.2) is 0 Å². The molecule has 0 aliphatic carbocycles. The molecule has 3 N–H and O–H groups in total. The molecule has 0 radical (unpaired) electrons. The van der Waals surface area contributed by atoms with Crippen molar-refractivity contribution in [3.8, 4) is 0 Å². The second-order valence-electron chi connectivity index (χ2n) is 4.93. The smallest absolute Gasteiger partial charge is 0.236 e. The molecule has 102 valence electrons. The molecule has 4 heteroatoms. The first-order valence-electron chi connectivity index (χ1n) is 6.60. The molecule has 0 saturated heterocycles. The van der Waals surface area contributed by atoms with E-state index in [0.29, 0.717) is 5.92 Å². The standard InChI is InChI=1S/C13H28N2OS/c1-11(2)10-12(14)13(16)15-8-6-4-5-7-9-17-3/h11-12H,4-10,14H2,1-3H3,(H,15,16)/t12-/m1/s1. The lowest BCUT2D eigenvalue weighted by Gasteiger charge is -2.13. The van der Waals surface area contributed by atoms with Crippen molar-refractivity contribution in [1.82, 2.24) is 5.32 Å². The predicted molar refractivity (Wildman–Crippen MR) is 77.3 cm³/mol. The van der Waals surface area contributed by atoms with E-state index in [0.717, 1.165) is 19.4 Å². The third-order valence-corrected chi connectivity index (χ3v) is 3.33. The number of amides is 1. The summed E-state index contributed by atoms with van der Waals surface area (Å²) in [5.74, 6) is 1.72. The lowest BCUT2D eigenvalue weighted by molar-refractivity contribution is -0.122. The predicted octanol–water partition coefficient (Wildman–Crippen LogP) is 2.40. The summed E-state index contributed by atoms with van der Waals surface area (Å²) in [5, 5.41) is 2.91. The van der Waals surface area contributed by atoms with Crippen molar-refractivity contribution >= 4 is 17.7 Å². The fourth-order valence-electron chi connectivity index (χ4n) is 1.68. The van der Waals surface area contributed by atoms with Gasteiger partial charge in [-0.3, -0.25) is 4.79 Å². The Balaban J connectivity index is 3.38. The molecule has 1 amide bonds. The molecule has 0 spiro atoms. The van der Waals surface area contributed by atoms with Crippen molar-refractivity contribution in [2.75, 3.05) is 18.6 Å². The minimum absolute atomic E-state index is 0.00261. The van der Waals surface area contributed by atoms with Crippen LogP contribution >= 0.6 is 11.8 Å². The van der Waals surface area contributed by atoms with Gasteiger partial charge in [-0.05, 0) is 37.2 Å². The Morgan fingerprint density at radius 2 is 1.88 bits per heavy atom. The van der Waals surface area contributed by atoms with Gasteiger partial charge in [0, 0.05) is 6.54 Å². The monoisotopic (exact) mass is 260 g/mol. The van der Waals surface area contributed by atoms with E-state index in [-0.39, 0.29) is 11.9 Å². The zero-order valence-corrected chi connectivity index (χ0v) is 12.3. The Bertz CT molecular complexity index is 198. The maximum atomic E-state index is 11.6. The average molecular weight is 260 g/mol. The van der Waals surface area contributed by atoms with Gasteiger partial charge in [0.05, 0.1) is 6.04 Å². The van der Waals surface area contributed by atoms with Crippen molar-refractivity contribution in [2.45, 2.75) is 52.0 Å². The van der Waals surface area contributed by atoms with Crippen LogP contribution in [-0.4, -0.2) is 30.5 Å². The van der Waals surface area contributed by atoms with Crippen LogP contribution in [0.3, 0.4) is 0 Å². The van der Waals surface area contributed by atoms with Gasteiger partial charge in [0.15, 0.2) is 0 Å². The van der Waals surface area contributed by atoms with Gasteiger partial charge in [0.1, 0.15) is 0 Å². The zero-order chi connectivity index (χ0) is 13.1. The largest absolute Gasteiger partial charge is 0.355 e. The van der Waals surface area contributed by atoms with Crippen molar-refractivity contribution in [3.05, 3.63) is 0 Å². The lowest BCUT2D eigenvalue weighted by Crippen LogP contribution is -2.41. The number of nitrogens with one attached hydrogen (secondary N) is 1. The van der Waals surface area contributed by atoms with Gasteiger partial charge in [0.2, 0.25) is 5.91 Å². The molecule has 0 heterocycles. The van der Waals surface area contributed by atoms with Crippen molar-refractivity contribution < 1.29 is 4.79 Å². The Labute approximate surface area is 110 Å². The van der Waals surface area contributed by atoms with E-state index in [2.05, 4.69) is 25.4 Å². The Morgan fingerprint density at radius 1 is 1.24 bits per heavy atom. The van der Waals surface area contributed by atoms with Gasteiger partial charge < -0.3 is 11.1 Å². The normalized spacial score (nSPS) is 12.8. The minimum Gasteiger partial charge on any atom is -0.355 e. The minimum atomic E-state index is -0.341. The maximum Gasteiger partial charge on any atom is 0.236 e. The quantitative estimate of drug-likeness (QED) is 0.593. The van der Waals surface area contributed by atoms with Crippen LogP contribution in [0.1, 0.15) is 46.0 Å². The van der Waals surface area contributed by atoms with Crippen LogP contribution in [0.25, 0.3) is 0 Å². The van der Waals surface area contributed by atoms with E-state index in [4.69, 9.17) is 5.73 Å². The summed E-state index contributed by atoms with van der Waals surface area (Å²) in [5.41, 5.74) is 5.78. The maximum absolute atomic E-state index is 11.6. The van der Waals surface area contributed by atoms with E-state index >= 15 is 0 Å². The Morgan fingerprint density at radius 3 is 2.47 bits per heavy atom. The van der Waals surface area contributed by atoms with E-state index in [9.17, 15) is 4.79 Å². The van der Waals surface area contributed by atoms with Gasteiger partial charge in [-0.1, -0.05) is 26.7 Å². The number of hydrogen-bond donors (Lipinski definition) is 2. The number of unbranched alkanes of at least 4 members (excludes halogenated alkanes) is 3. The van der Waals surface area contributed by atoms with Gasteiger partial charge in [-0.2, -0.15) is 11.8 Å². The second kappa shape index (κ2) is 10.9. The van der Waals surface area contributed by atoms with Crippen LogP contribution in [0.2, 0.25) is 0 Å². The summed E-state index contributed by atoms with van der Waals surface area (Å²) in [6, 6.07) is -0.341. The molecular weight excluding hydrogens is 232 g/mol. The fraction of sp³-hybridized carbons (Fsp3) is 0.923. The molecule has 0 saturated carbocycles. The third-order valence-electron chi connectivity index (χ3n) is 2.64. The molecule has 0 aromatic rings. The highest BCUT2D eigenvalue weighted by Crippen LogP contribution is 2.05. The molecule has 1 atom stereocenters. The number of carbonyl (C=O) groups excluding carboxylic acids is 1. The summed E-state index contributed by atoms with van der Waals surface area (Å²) in [6.45, 7) is 4.93. The van der Waals surface area contributed by atoms with Crippen molar-refractivity contribution in [2.24, 2.45) is 11.7 Å².